The number of anilines is 1. The number of benzene rings is 2. The third kappa shape index (κ3) is 4.48. The minimum atomic E-state index is -3.31. The van der Waals surface area contributed by atoms with Crippen LogP contribution in [0.25, 0.3) is 0 Å². The average Bonchev–Trinajstić information content (AvgIpc) is 3.09. The van der Waals surface area contributed by atoms with Gasteiger partial charge in [0.25, 0.3) is 5.91 Å². The van der Waals surface area contributed by atoms with E-state index in [0.717, 1.165) is 5.56 Å². The first-order valence-corrected chi connectivity index (χ1v) is 10.8. The highest BCUT2D eigenvalue weighted by Crippen LogP contribution is 2.20. The summed E-state index contributed by atoms with van der Waals surface area (Å²) in [6.45, 7) is 3.29. The van der Waals surface area contributed by atoms with Gasteiger partial charge >= 0.3 is 6.01 Å². The Morgan fingerprint density at radius 3 is 2.43 bits per heavy atom. The Kier molecular flexibility index (Phi) is 5.95. The van der Waals surface area contributed by atoms with Crippen molar-refractivity contribution in [3.63, 3.8) is 0 Å². The quantitative estimate of drug-likeness (QED) is 0.595. The van der Waals surface area contributed by atoms with Gasteiger partial charge in [-0.3, -0.25) is 10.1 Å². The number of carbonyl (C=O) groups excluding carboxylic acids is 1. The van der Waals surface area contributed by atoms with Crippen molar-refractivity contribution in [3.05, 3.63) is 70.0 Å². The number of rotatable bonds is 6. The van der Waals surface area contributed by atoms with E-state index in [1.54, 1.807) is 56.3 Å². The number of sulfone groups is 1. The van der Waals surface area contributed by atoms with E-state index in [0.29, 0.717) is 22.3 Å². The van der Waals surface area contributed by atoms with Crippen LogP contribution in [0, 0.1) is 0 Å². The van der Waals surface area contributed by atoms with E-state index in [9.17, 15) is 13.2 Å². The molecule has 1 amide bonds. The molecule has 0 atom stereocenters. The minimum absolute atomic E-state index is 0.00485. The molecule has 0 saturated heterocycles. The van der Waals surface area contributed by atoms with Crippen LogP contribution in [0.3, 0.4) is 0 Å². The first-order valence-electron chi connectivity index (χ1n) is 8.48. The largest absolute Gasteiger partial charge is 0.407 e. The predicted octanol–water partition coefficient (Wildman–Crippen LogP) is 3.86. The summed E-state index contributed by atoms with van der Waals surface area (Å²) in [5, 5.41) is 9.82. The zero-order valence-corrected chi connectivity index (χ0v) is 17.6. The Balaban J connectivity index is 1.68. The number of hydrogen-bond acceptors (Lipinski definition) is 6. The summed E-state index contributed by atoms with van der Waals surface area (Å²) < 4.78 is 30.5. The lowest BCUT2D eigenvalue weighted by Crippen LogP contribution is -2.13. The van der Waals surface area contributed by atoms with Gasteiger partial charge in [0.05, 0.1) is 22.1 Å². The van der Waals surface area contributed by atoms with Crippen molar-refractivity contribution in [2.45, 2.75) is 30.4 Å². The van der Waals surface area contributed by atoms with Crippen LogP contribution in [0.2, 0.25) is 0 Å². The van der Waals surface area contributed by atoms with Crippen LogP contribution in [0.1, 0.15) is 35.7 Å². The van der Waals surface area contributed by atoms with E-state index in [-0.39, 0.29) is 16.8 Å². The molecule has 0 aliphatic carbocycles. The smallest absolute Gasteiger partial charge is 0.322 e. The molecule has 0 aliphatic heterocycles. The summed E-state index contributed by atoms with van der Waals surface area (Å²) in [6.07, 6.45) is 0.319. The Morgan fingerprint density at radius 1 is 1.11 bits per heavy atom. The third-order valence-corrected chi connectivity index (χ3v) is 6.90. The topological polar surface area (TPSA) is 102 Å². The molecular weight excluding hydrogens is 446 g/mol. The number of nitrogens with zero attached hydrogens (tertiary/aromatic N) is 2. The molecule has 7 nitrogen and oxygen atoms in total. The van der Waals surface area contributed by atoms with Gasteiger partial charge < -0.3 is 4.42 Å². The molecule has 146 valence electrons. The number of amides is 1. The molecule has 3 aromatic rings. The van der Waals surface area contributed by atoms with Gasteiger partial charge in [-0.15, -0.1) is 5.10 Å². The SMILES string of the molecule is CC(C)S(=O)(=O)c1ccc(Cc2nnc(NC(=O)c3ccccc3Br)o2)cc1. The molecular formula is C19H18BrN3O4S. The summed E-state index contributed by atoms with van der Waals surface area (Å²) in [4.78, 5) is 12.5. The molecule has 0 saturated carbocycles. The molecule has 0 radical (unpaired) electrons. The van der Waals surface area contributed by atoms with Crippen molar-refractivity contribution in [2.75, 3.05) is 5.32 Å². The first-order chi connectivity index (χ1) is 13.3. The van der Waals surface area contributed by atoms with E-state index in [2.05, 4.69) is 31.4 Å². The standard InChI is InChI=1S/C19H18BrN3O4S/c1-12(2)28(25,26)14-9-7-13(8-10-14)11-17-22-23-19(27-17)21-18(24)15-5-3-4-6-16(15)20/h3-10,12H,11H2,1-2H3,(H,21,23,24). The molecule has 1 N–H and O–H groups in total. The van der Waals surface area contributed by atoms with Gasteiger partial charge in [0.2, 0.25) is 5.89 Å². The van der Waals surface area contributed by atoms with Crippen molar-refractivity contribution in [2.24, 2.45) is 0 Å². The van der Waals surface area contributed by atoms with E-state index >= 15 is 0 Å². The molecule has 0 aliphatic rings. The van der Waals surface area contributed by atoms with Gasteiger partial charge in [-0.05, 0) is 59.6 Å². The fourth-order valence-corrected chi connectivity index (χ4v) is 3.95. The van der Waals surface area contributed by atoms with Crippen molar-refractivity contribution in [1.82, 2.24) is 10.2 Å². The van der Waals surface area contributed by atoms with Crippen LogP contribution in [0.5, 0.6) is 0 Å². The highest BCUT2D eigenvalue weighted by molar-refractivity contribution is 9.10. The lowest BCUT2D eigenvalue weighted by molar-refractivity contribution is 0.102. The molecule has 28 heavy (non-hydrogen) atoms. The van der Waals surface area contributed by atoms with E-state index in [4.69, 9.17) is 4.42 Å². The molecule has 2 aromatic carbocycles. The Labute approximate surface area is 171 Å². The molecule has 3 rings (SSSR count). The number of halogens is 1. The molecule has 9 heteroatoms. The second-order valence-corrected chi connectivity index (χ2v) is 9.71. The van der Waals surface area contributed by atoms with E-state index in [1.807, 2.05) is 6.07 Å². The van der Waals surface area contributed by atoms with Crippen molar-refractivity contribution in [3.8, 4) is 0 Å². The normalized spacial score (nSPS) is 11.6. The monoisotopic (exact) mass is 463 g/mol. The van der Waals surface area contributed by atoms with Crippen LogP contribution < -0.4 is 5.32 Å². The zero-order valence-electron chi connectivity index (χ0n) is 15.2. The van der Waals surface area contributed by atoms with Gasteiger partial charge in [0, 0.05) is 4.47 Å². The molecule has 1 heterocycles. The highest BCUT2D eigenvalue weighted by atomic mass is 79.9. The third-order valence-electron chi connectivity index (χ3n) is 4.03. The van der Waals surface area contributed by atoms with Crippen molar-refractivity contribution in [1.29, 1.82) is 0 Å². The van der Waals surface area contributed by atoms with Gasteiger partial charge in [0.1, 0.15) is 0 Å². The van der Waals surface area contributed by atoms with Crippen LogP contribution in [-0.4, -0.2) is 29.8 Å². The summed E-state index contributed by atoms with van der Waals surface area (Å²) in [5.74, 6) is -0.0622. The predicted molar refractivity (Wildman–Crippen MR) is 108 cm³/mol. The summed E-state index contributed by atoms with van der Waals surface area (Å²) >= 11 is 3.32. The Morgan fingerprint density at radius 2 is 1.79 bits per heavy atom. The van der Waals surface area contributed by atoms with Crippen molar-refractivity contribution < 1.29 is 17.6 Å². The number of aromatic nitrogens is 2. The fraction of sp³-hybridized carbons (Fsp3) is 0.211. The zero-order chi connectivity index (χ0) is 20.3. The van der Waals surface area contributed by atoms with Gasteiger partial charge in [0.15, 0.2) is 9.84 Å². The Hall–Kier alpha value is -2.52. The number of carbonyl (C=O) groups is 1. The van der Waals surface area contributed by atoms with Crippen LogP contribution in [-0.2, 0) is 16.3 Å². The van der Waals surface area contributed by atoms with Crippen LogP contribution in [0.15, 0.2) is 62.3 Å². The maximum absolute atomic E-state index is 12.3. The minimum Gasteiger partial charge on any atom is -0.407 e. The maximum atomic E-state index is 12.3. The Bertz CT molecular complexity index is 1090. The number of hydrogen-bond donors (Lipinski definition) is 1. The lowest BCUT2D eigenvalue weighted by atomic mass is 10.1. The van der Waals surface area contributed by atoms with Crippen molar-refractivity contribution >= 4 is 37.7 Å². The first kappa shape index (κ1) is 20.2. The lowest BCUT2D eigenvalue weighted by Gasteiger charge is -2.08. The molecule has 1 aromatic heterocycles. The molecule has 0 fully saturated rings. The van der Waals surface area contributed by atoms with Gasteiger partial charge in [-0.1, -0.05) is 29.4 Å². The molecule has 0 bridgehead atoms. The van der Waals surface area contributed by atoms with E-state index < -0.39 is 15.1 Å². The molecule has 0 spiro atoms. The van der Waals surface area contributed by atoms with Gasteiger partial charge in [-0.25, -0.2) is 8.42 Å². The second kappa shape index (κ2) is 8.24. The average molecular weight is 464 g/mol. The summed E-state index contributed by atoms with van der Waals surface area (Å²) in [5.41, 5.74) is 1.26. The fourth-order valence-electron chi connectivity index (χ4n) is 2.43. The van der Waals surface area contributed by atoms with Gasteiger partial charge in [-0.2, -0.15) is 0 Å². The maximum Gasteiger partial charge on any atom is 0.322 e. The number of nitrogens with one attached hydrogen (secondary N) is 1. The van der Waals surface area contributed by atoms with E-state index in [1.165, 1.54) is 0 Å². The van der Waals surface area contributed by atoms with Crippen LogP contribution >= 0.6 is 15.9 Å². The molecule has 0 unspecified atom stereocenters. The second-order valence-electron chi connectivity index (χ2n) is 6.35. The summed E-state index contributed by atoms with van der Waals surface area (Å²) in [6, 6.07) is 13.5. The van der Waals surface area contributed by atoms with Crippen LogP contribution in [0.4, 0.5) is 6.01 Å². The highest BCUT2D eigenvalue weighted by Gasteiger charge is 2.19. The summed E-state index contributed by atoms with van der Waals surface area (Å²) in [7, 11) is -3.31.